The smallest absolute Gasteiger partial charge is 0.407 e. The van der Waals surface area contributed by atoms with E-state index in [0.29, 0.717) is 36.5 Å². The molecule has 14 heteroatoms. The molecule has 6 rings (SSSR count). The van der Waals surface area contributed by atoms with Gasteiger partial charge in [0.25, 0.3) is 5.91 Å². The van der Waals surface area contributed by atoms with Crippen LogP contribution in [-0.2, 0) is 20.7 Å². The average molecular weight is 778 g/mol. The minimum atomic E-state index is -0.838. The summed E-state index contributed by atoms with van der Waals surface area (Å²) in [4.78, 5) is 55.0. The second kappa shape index (κ2) is 18.5. The lowest BCUT2D eigenvalue weighted by Gasteiger charge is -2.30. The highest BCUT2D eigenvalue weighted by molar-refractivity contribution is 5.98. The molecule has 0 radical (unpaired) electrons. The number of aromatic amines is 1. The molecule has 2 atom stereocenters. The average Bonchev–Trinajstić information content (AvgIpc) is 3.72. The SMILES string of the molecule is Cc1cc(C(=O)N[C@H]2CCCN(C)C2)ccc1-c1ccc(C[C@H](NC(=O)C2CCC(CNC(=O)OC(C)(C)C)CC2)C(=O)Nc2ccc(-c3nn[nH]n3)cc2)cc1. The van der Waals surface area contributed by atoms with E-state index in [1.807, 2.05) is 70.2 Å². The van der Waals surface area contributed by atoms with Crippen molar-refractivity contribution in [2.75, 3.05) is 32.0 Å². The molecule has 3 aromatic carbocycles. The van der Waals surface area contributed by atoms with Crippen LogP contribution in [0.15, 0.2) is 66.7 Å². The van der Waals surface area contributed by atoms with Crippen molar-refractivity contribution in [3.05, 3.63) is 83.4 Å². The van der Waals surface area contributed by atoms with Crippen LogP contribution in [-0.4, -0.2) is 93.7 Å². The number of nitrogens with one attached hydrogen (secondary N) is 5. The van der Waals surface area contributed by atoms with Gasteiger partial charge in [-0.05, 0) is 150 Å². The summed E-state index contributed by atoms with van der Waals surface area (Å²) in [6, 6.07) is 20.2. The molecule has 14 nitrogen and oxygen atoms in total. The quantitative estimate of drug-likeness (QED) is 0.121. The van der Waals surface area contributed by atoms with Crippen molar-refractivity contribution in [2.45, 2.75) is 90.3 Å². The normalized spacial score (nSPS) is 19.2. The maximum atomic E-state index is 13.9. The Labute approximate surface area is 334 Å². The van der Waals surface area contributed by atoms with Gasteiger partial charge >= 0.3 is 6.09 Å². The predicted molar refractivity (Wildman–Crippen MR) is 218 cm³/mol. The largest absolute Gasteiger partial charge is 0.444 e. The van der Waals surface area contributed by atoms with Crippen LogP contribution in [0.5, 0.6) is 0 Å². The van der Waals surface area contributed by atoms with Gasteiger partial charge in [-0.3, -0.25) is 14.4 Å². The number of alkyl carbamates (subject to hydrolysis) is 1. The Hall–Kier alpha value is -5.63. The fourth-order valence-corrected chi connectivity index (χ4v) is 7.62. The van der Waals surface area contributed by atoms with Crippen molar-refractivity contribution >= 4 is 29.5 Å². The highest BCUT2D eigenvalue weighted by Crippen LogP contribution is 2.30. The van der Waals surface area contributed by atoms with Crippen LogP contribution in [0.4, 0.5) is 10.5 Å². The molecule has 0 spiro atoms. The van der Waals surface area contributed by atoms with Crippen molar-refractivity contribution in [1.29, 1.82) is 0 Å². The van der Waals surface area contributed by atoms with E-state index >= 15 is 0 Å². The summed E-state index contributed by atoms with van der Waals surface area (Å²) in [5.74, 6) is -0.108. The topological polar surface area (TPSA) is 183 Å². The zero-order valence-corrected chi connectivity index (χ0v) is 33.6. The van der Waals surface area contributed by atoms with E-state index in [0.717, 1.165) is 66.6 Å². The van der Waals surface area contributed by atoms with E-state index in [1.54, 1.807) is 24.3 Å². The number of benzene rings is 3. The number of rotatable bonds is 12. The molecule has 0 bridgehead atoms. The number of piperidine rings is 1. The summed E-state index contributed by atoms with van der Waals surface area (Å²) in [5, 5.41) is 26.1. The second-order valence-corrected chi connectivity index (χ2v) is 16.5. The third kappa shape index (κ3) is 11.7. The van der Waals surface area contributed by atoms with Gasteiger partial charge in [-0.1, -0.05) is 30.3 Å². The van der Waals surface area contributed by atoms with Gasteiger partial charge in [-0.15, -0.1) is 10.2 Å². The standard InChI is InChI=1S/C43H55N9O5/c1-27-23-33(40(54)46-35-7-6-22-52(5)26-35)18-21-36(27)30-12-8-28(9-13-30)24-37(41(55)45-34-19-16-31(17-20-34)38-48-50-51-49-38)47-39(53)32-14-10-29(11-15-32)25-44-42(56)57-43(2,3)4/h8-9,12-13,16-21,23,29,32,35,37H,6-7,10-11,14-15,22,24-26H2,1-5H3,(H,44,56)(H,45,55)(H,46,54)(H,47,53)(H,48,49,50,51)/t29?,32?,35-,37-/m0/s1. The predicted octanol–water partition coefficient (Wildman–Crippen LogP) is 5.66. The Bertz CT molecular complexity index is 1990. The number of amides is 4. The molecule has 5 N–H and O–H groups in total. The molecule has 4 amide bonds. The van der Waals surface area contributed by atoms with Gasteiger partial charge in [0.2, 0.25) is 17.6 Å². The summed E-state index contributed by atoms with van der Waals surface area (Å²) < 4.78 is 5.36. The van der Waals surface area contributed by atoms with E-state index < -0.39 is 17.7 Å². The third-order valence-electron chi connectivity index (χ3n) is 10.7. The molecule has 2 fully saturated rings. The number of carbonyl (C=O) groups is 4. The Morgan fingerprint density at radius 2 is 1.65 bits per heavy atom. The van der Waals surface area contributed by atoms with Crippen LogP contribution >= 0.6 is 0 Å². The lowest BCUT2D eigenvalue weighted by atomic mass is 9.81. The molecule has 2 aliphatic rings. The number of H-pyrrole nitrogens is 1. The number of nitrogens with zero attached hydrogens (tertiary/aromatic N) is 4. The van der Waals surface area contributed by atoms with Crippen LogP contribution in [0, 0.1) is 18.8 Å². The number of hydrogen-bond acceptors (Lipinski definition) is 9. The Morgan fingerprint density at radius 1 is 0.930 bits per heavy atom. The van der Waals surface area contributed by atoms with E-state index in [4.69, 9.17) is 4.74 Å². The summed E-state index contributed by atoms with van der Waals surface area (Å²) in [6.45, 7) is 9.89. The van der Waals surface area contributed by atoms with E-state index in [1.165, 1.54) is 0 Å². The maximum absolute atomic E-state index is 13.9. The lowest BCUT2D eigenvalue weighted by molar-refractivity contribution is -0.130. The Morgan fingerprint density at radius 3 is 2.30 bits per heavy atom. The first-order valence-corrected chi connectivity index (χ1v) is 19.9. The zero-order valence-electron chi connectivity index (χ0n) is 33.6. The molecule has 4 aromatic rings. The number of anilines is 1. The molecule has 1 aliphatic heterocycles. The second-order valence-electron chi connectivity index (χ2n) is 16.5. The highest BCUT2D eigenvalue weighted by atomic mass is 16.6. The van der Waals surface area contributed by atoms with Crippen LogP contribution < -0.4 is 21.3 Å². The third-order valence-corrected chi connectivity index (χ3v) is 10.7. The van der Waals surface area contributed by atoms with Gasteiger partial charge in [0.15, 0.2) is 0 Å². The van der Waals surface area contributed by atoms with Gasteiger partial charge in [-0.2, -0.15) is 5.21 Å². The molecule has 0 unspecified atom stereocenters. The molecule has 1 saturated heterocycles. The molecule has 302 valence electrons. The van der Waals surface area contributed by atoms with Gasteiger partial charge in [-0.25, -0.2) is 4.79 Å². The first-order chi connectivity index (χ1) is 27.3. The fraction of sp³-hybridized carbons (Fsp3) is 0.465. The minimum Gasteiger partial charge on any atom is -0.444 e. The van der Waals surface area contributed by atoms with Crippen molar-refractivity contribution in [3.8, 4) is 22.5 Å². The van der Waals surface area contributed by atoms with E-state index in [2.05, 4.69) is 53.8 Å². The lowest BCUT2D eigenvalue weighted by Crippen LogP contribution is -2.48. The summed E-state index contributed by atoms with van der Waals surface area (Å²) in [5.41, 5.74) is 5.25. The van der Waals surface area contributed by atoms with Crippen LogP contribution in [0.1, 0.15) is 80.8 Å². The van der Waals surface area contributed by atoms with Gasteiger partial charge in [0, 0.05) is 48.3 Å². The number of likely N-dealkylation sites (tertiary alicyclic amines) is 1. The van der Waals surface area contributed by atoms with Crippen molar-refractivity contribution in [3.63, 3.8) is 0 Å². The molecule has 1 saturated carbocycles. The number of carbonyl (C=O) groups excluding carboxylic acids is 4. The maximum Gasteiger partial charge on any atom is 0.407 e. The molecular formula is C43H55N9O5. The number of hydrogen-bond donors (Lipinski definition) is 5. The Kier molecular flexibility index (Phi) is 13.3. The molecule has 57 heavy (non-hydrogen) atoms. The number of tetrazole rings is 1. The number of likely N-dealkylation sites (N-methyl/N-ethyl adjacent to an activating group) is 1. The molecule has 1 aliphatic carbocycles. The van der Waals surface area contributed by atoms with Crippen LogP contribution in [0.2, 0.25) is 0 Å². The highest BCUT2D eigenvalue weighted by Gasteiger charge is 2.30. The van der Waals surface area contributed by atoms with E-state index in [9.17, 15) is 19.2 Å². The van der Waals surface area contributed by atoms with Gasteiger partial charge in [0.05, 0.1) is 0 Å². The zero-order chi connectivity index (χ0) is 40.5. The molecular weight excluding hydrogens is 723 g/mol. The first-order valence-electron chi connectivity index (χ1n) is 19.9. The van der Waals surface area contributed by atoms with Crippen molar-refractivity contribution in [1.82, 2.24) is 41.5 Å². The van der Waals surface area contributed by atoms with Gasteiger partial charge < -0.3 is 30.9 Å². The monoisotopic (exact) mass is 777 g/mol. The fourth-order valence-electron chi connectivity index (χ4n) is 7.62. The number of aryl methyl sites for hydroxylation is 1. The first kappa shape index (κ1) is 41.0. The summed E-state index contributed by atoms with van der Waals surface area (Å²) >= 11 is 0. The molecule has 1 aromatic heterocycles. The minimum absolute atomic E-state index is 0.0576. The Balaban J connectivity index is 1.10. The number of aromatic nitrogens is 4. The summed E-state index contributed by atoms with van der Waals surface area (Å²) in [7, 11) is 2.08. The van der Waals surface area contributed by atoms with Crippen LogP contribution in [0.25, 0.3) is 22.5 Å². The van der Waals surface area contributed by atoms with Crippen molar-refractivity contribution < 1.29 is 23.9 Å². The van der Waals surface area contributed by atoms with E-state index in [-0.39, 0.29) is 42.0 Å². The van der Waals surface area contributed by atoms with Gasteiger partial charge in [0.1, 0.15) is 11.6 Å². The summed E-state index contributed by atoms with van der Waals surface area (Å²) in [6.07, 6.45) is 4.77. The molecule has 2 heterocycles. The number of ether oxygens (including phenoxy) is 1. The van der Waals surface area contributed by atoms with Crippen molar-refractivity contribution in [2.24, 2.45) is 11.8 Å². The van der Waals surface area contributed by atoms with Crippen LogP contribution in [0.3, 0.4) is 0 Å².